The summed E-state index contributed by atoms with van der Waals surface area (Å²) in [5, 5.41) is 13.0. The van der Waals surface area contributed by atoms with E-state index >= 15 is 0 Å². The Kier molecular flexibility index (Phi) is 7.73. The van der Waals surface area contributed by atoms with Gasteiger partial charge in [0, 0.05) is 43.2 Å². The van der Waals surface area contributed by atoms with Gasteiger partial charge < -0.3 is 14.8 Å². The third-order valence-corrected chi connectivity index (χ3v) is 5.55. The van der Waals surface area contributed by atoms with Crippen LogP contribution in [0.4, 0.5) is 0 Å². The minimum atomic E-state index is 0.0776. The SMILES string of the molecule is N#CCCCOc1cccc(CNCC2(c3ccc(Cl)cc3)CCOCC2)c1. The number of halogens is 1. The van der Waals surface area contributed by atoms with Gasteiger partial charge in [-0.2, -0.15) is 5.26 Å². The highest BCUT2D eigenvalue weighted by atomic mass is 35.5. The molecule has 1 aliphatic heterocycles. The van der Waals surface area contributed by atoms with Crippen molar-refractivity contribution in [3.63, 3.8) is 0 Å². The average Bonchev–Trinajstić information content (AvgIpc) is 2.73. The summed E-state index contributed by atoms with van der Waals surface area (Å²) < 4.78 is 11.4. The van der Waals surface area contributed by atoms with Gasteiger partial charge in [-0.15, -0.1) is 0 Å². The Hall–Kier alpha value is -2.06. The Balaban J connectivity index is 1.58. The van der Waals surface area contributed by atoms with Crippen LogP contribution in [0.15, 0.2) is 48.5 Å². The first-order valence-corrected chi connectivity index (χ1v) is 10.2. The van der Waals surface area contributed by atoms with Gasteiger partial charge in [0.25, 0.3) is 0 Å². The quantitative estimate of drug-likeness (QED) is 0.613. The molecule has 0 unspecified atom stereocenters. The summed E-state index contributed by atoms with van der Waals surface area (Å²) in [7, 11) is 0. The third-order valence-electron chi connectivity index (χ3n) is 5.30. The molecular weight excluding hydrogens is 372 g/mol. The molecule has 0 radical (unpaired) electrons. The van der Waals surface area contributed by atoms with Crippen LogP contribution in [0.3, 0.4) is 0 Å². The lowest BCUT2D eigenvalue weighted by molar-refractivity contribution is 0.0498. The van der Waals surface area contributed by atoms with Crippen LogP contribution >= 0.6 is 11.6 Å². The highest BCUT2D eigenvalue weighted by Crippen LogP contribution is 2.35. The van der Waals surface area contributed by atoms with Gasteiger partial charge in [-0.3, -0.25) is 0 Å². The van der Waals surface area contributed by atoms with E-state index in [0.29, 0.717) is 13.0 Å². The molecule has 0 aromatic heterocycles. The van der Waals surface area contributed by atoms with Crippen LogP contribution in [0.1, 0.15) is 36.8 Å². The second-order valence-electron chi connectivity index (χ2n) is 7.26. The maximum absolute atomic E-state index is 8.60. The smallest absolute Gasteiger partial charge is 0.119 e. The van der Waals surface area contributed by atoms with E-state index in [1.165, 1.54) is 11.1 Å². The molecule has 148 valence electrons. The second kappa shape index (κ2) is 10.5. The van der Waals surface area contributed by atoms with Crippen LogP contribution in [0.5, 0.6) is 5.75 Å². The molecule has 1 fully saturated rings. The molecule has 5 heteroatoms. The van der Waals surface area contributed by atoms with E-state index in [0.717, 1.165) is 56.3 Å². The first-order chi connectivity index (χ1) is 13.7. The molecule has 0 spiro atoms. The number of nitrogens with zero attached hydrogens (tertiary/aromatic N) is 1. The van der Waals surface area contributed by atoms with Gasteiger partial charge in [0.1, 0.15) is 5.75 Å². The van der Waals surface area contributed by atoms with Crippen molar-refractivity contribution < 1.29 is 9.47 Å². The summed E-state index contributed by atoms with van der Waals surface area (Å²) in [5.41, 5.74) is 2.59. The monoisotopic (exact) mass is 398 g/mol. The molecule has 0 bridgehead atoms. The fourth-order valence-corrected chi connectivity index (χ4v) is 3.79. The zero-order chi connectivity index (χ0) is 19.7. The predicted molar refractivity (Wildman–Crippen MR) is 112 cm³/mol. The molecule has 1 N–H and O–H groups in total. The minimum absolute atomic E-state index is 0.0776. The molecular formula is C23H27ClN2O2. The molecule has 1 heterocycles. The largest absolute Gasteiger partial charge is 0.494 e. The van der Waals surface area contributed by atoms with Crippen molar-refractivity contribution in [1.29, 1.82) is 5.26 Å². The van der Waals surface area contributed by atoms with Crippen molar-refractivity contribution in [2.24, 2.45) is 0 Å². The molecule has 28 heavy (non-hydrogen) atoms. The Labute approximate surface area is 172 Å². The predicted octanol–water partition coefficient (Wildman–Crippen LogP) is 4.86. The van der Waals surface area contributed by atoms with Crippen molar-refractivity contribution in [3.8, 4) is 11.8 Å². The number of hydrogen-bond donors (Lipinski definition) is 1. The van der Waals surface area contributed by atoms with E-state index < -0.39 is 0 Å². The number of nitriles is 1. The number of ether oxygens (including phenoxy) is 2. The lowest BCUT2D eigenvalue weighted by Crippen LogP contribution is -2.42. The molecule has 2 aromatic rings. The lowest BCUT2D eigenvalue weighted by Gasteiger charge is -2.38. The van der Waals surface area contributed by atoms with E-state index in [1.807, 2.05) is 24.3 Å². The Morgan fingerprint density at radius 3 is 2.68 bits per heavy atom. The van der Waals surface area contributed by atoms with Gasteiger partial charge in [0.05, 0.1) is 12.7 Å². The molecule has 1 saturated heterocycles. The molecule has 3 rings (SSSR count). The zero-order valence-electron chi connectivity index (χ0n) is 16.1. The minimum Gasteiger partial charge on any atom is -0.494 e. The highest BCUT2D eigenvalue weighted by molar-refractivity contribution is 6.30. The van der Waals surface area contributed by atoms with Crippen molar-refractivity contribution in [1.82, 2.24) is 5.32 Å². The molecule has 0 aliphatic carbocycles. The molecule has 0 atom stereocenters. The Morgan fingerprint density at radius 1 is 1.14 bits per heavy atom. The topological polar surface area (TPSA) is 54.3 Å². The summed E-state index contributed by atoms with van der Waals surface area (Å²) in [6.45, 7) is 3.83. The van der Waals surface area contributed by atoms with E-state index in [1.54, 1.807) is 0 Å². The van der Waals surface area contributed by atoms with Crippen LogP contribution in [-0.2, 0) is 16.7 Å². The first kappa shape index (κ1) is 20.7. The van der Waals surface area contributed by atoms with Gasteiger partial charge in [0.2, 0.25) is 0 Å². The van der Waals surface area contributed by atoms with Gasteiger partial charge in [-0.25, -0.2) is 0 Å². The summed E-state index contributed by atoms with van der Waals surface area (Å²) in [5.74, 6) is 0.857. The van der Waals surface area contributed by atoms with Crippen LogP contribution in [-0.4, -0.2) is 26.4 Å². The third kappa shape index (κ3) is 5.72. The molecule has 0 amide bonds. The lowest BCUT2D eigenvalue weighted by atomic mass is 9.74. The highest BCUT2D eigenvalue weighted by Gasteiger charge is 2.34. The Bertz CT molecular complexity index is 780. The van der Waals surface area contributed by atoms with Crippen LogP contribution in [0.2, 0.25) is 5.02 Å². The Morgan fingerprint density at radius 2 is 1.93 bits per heavy atom. The zero-order valence-corrected chi connectivity index (χ0v) is 16.9. The second-order valence-corrected chi connectivity index (χ2v) is 7.70. The fourth-order valence-electron chi connectivity index (χ4n) is 3.67. The summed E-state index contributed by atoms with van der Waals surface area (Å²) >= 11 is 6.08. The van der Waals surface area contributed by atoms with E-state index in [9.17, 15) is 0 Å². The van der Waals surface area contributed by atoms with E-state index in [2.05, 4.69) is 35.7 Å². The van der Waals surface area contributed by atoms with Crippen LogP contribution in [0.25, 0.3) is 0 Å². The average molecular weight is 399 g/mol. The van der Waals surface area contributed by atoms with E-state index in [4.69, 9.17) is 26.3 Å². The molecule has 1 aliphatic rings. The summed E-state index contributed by atoms with van der Waals surface area (Å²) in [4.78, 5) is 0. The summed E-state index contributed by atoms with van der Waals surface area (Å²) in [6.07, 6.45) is 3.29. The van der Waals surface area contributed by atoms with Gasteiger partial charge in [0.15, 0.2) is 0 Å². The van der Waals surface area contributed by atoms with Crippen LogP contribution in [0, 0.1) is 11.3 Å². The number of hydrogen-bond acceptors (Lipinski definition) is 4. The standard InChI is InChI=1S/C23H27ClN2O2/c24-21-8-6-20(7-9-21)23(10-14-27-15-11-23)18-26-17-19-4-3-5-22(16-19)28-13-2-1-12-25/h3-9,16,26H,1-2,10-11,13-15,17-18H2. The molecule has 0 saturated carbocycles. The first-order valence-electron chi connectivity index (χ1n) is 9.85. The normalized spacial score (nSPS) is 15.7. The van der Waals surface area contributed by atoms with E-state index in [-0.39, 0.29) is 5.41 Å². The molecule has 4 nitrogen and oxygen atoms in total. The van der Waals surface area contributed by atoms with Gasteiger partial charge in [-0.05, 0) is 54.7 Å². The van der Waals surface area contributed by atoms with Crippen molar-refractivity contribution in [2.45, 2.75) is 37.6 Å². The number of nitrogens with one attached hydrogen (secondary N) is 1. The van der Waals surface area contributed by atoms with Crippen molar-refractivity contribution in [2.75, 3.05) is 26.4 Å². The van der Waals surface area contributed by atoms with Crippen LogP contribution < -0.4 is 10.1 Å². The van der Waals surface area contributed by atoms with Crippen molar-refractivity contribution in [3.05, 3.63) is 64.7 Å². The fraction of sp³-hybridized carbons (Fsp3) is 0.435. The molecule has 2 aromatic carbocycles. The summed E-state index contributed by atoms with van der Waals surface area (Å²) in [6, 6.07) is 18.5. The van der Waals surface area contributed by atoms with Crippen molar-refractivity contribution >= 4 is 11.6 Å². The number of rotatable bonds is 9. The maximum atomic E-state index is 8.60. The number of unbranched alkanes of at least 4 members (excludes halogenated alkanes) is 1. The maximum Gasteiger partial charge on any atom is 0.119 e. The number of benzene rings is 2. The van der Waals surface area contributed by atoms with Gasteiger partial charge >= 0.3 is 0 Å². The van der Waals surface area contributed by atoms with Gasteiger partial charge in [-0.1, -0.05) is 35.9 Å².